The molecule has 1 N–H and O–H groups in total. The molecule has 1 atom stereocenters. The van der Waals surface area contributed by atoms with Crippen molar-refractivity contribution in [3.05, 3.63) is 68.4 Å². The largest absolute Gasteiger partial charge is 0.373 e. The van der Waals surface area contributed by atoms with Gasteiger partial charge < -0.3 is 4.74 Å². The minimum Gasteiger partial charge on any atom is -0.373 e. The first kappa shape index (κ1) is 26.7. The van der Waals surface area contributed by atoms with Crippen LogP contribution in [0.4, 0.5) is 8.78 Å². The number of hydrogen-bond donors (Lipinski definition) is 1. The molecule has 0 radical (unpaired) electrons. The van der Waals surface area contributed by atoms with E-state index < -0.39 is 17.4 Å². The van der Waals surface area contributed by atoms with Crippen molar-refractivity contribution in [2.75, 3.05) is 25.4 Å². The lowest BCUT2D eigenvalue weighted by atomic mass is 9.91. The molecule has 4 rings (SSSR count). The van der Waals surface area contributed by atoms with E-state index in [1.807, 2.05) is 26.0 Å². The normalized spacial score (nSPS) is 18.2. The zero-order valence-corrected chi connectivity index (χ0v) is 22.2. The molecule has 1 unspecified atom stereocenters. The summed E-state index contributed by atoms with van der Waals surface area (Å²) in [6.07, 6.45) is 2.79. The molecule has 2 aromatic carbocycles. The first-order chi connectivity index (χ1) is 16.7. The molecule has 1 amide bonds. The van der Waals surface area contributed by atoms with Gasteiger partial charge in [0.05, 0.1) is 18.8 Å². The third-order valence-electron chi connectivity index (χ3n) is 6.49. The molecule has 1 aliphatic carbocycles. The molecule has 1 aliphatic heterocycles. The van der Waals surface area contributed by atoms with E-state index in [-0.39, 0.29) is 37.9 Å². The third kappa shape index (κ3) is 6.50. The second-order valence-electron chi connectivity index (χ2n) is 9.34. The van der Waals surface area contributed by atoms with Gasteiger partial charge in [0.15, 0.2) is 5.67 Å². The maximum absolute atomic E-state index is 15.3. The summed E-state index contributed by atoms with van der Waals surface area (Å²) in [7, 11) is 0. The first-order valence-electron chi connectivity index (χ1n) is 11.9. The van der Waals surface area contributed by atoms with E-state index in [0.717, 1.165) is 30.4 Å². The summed E-state index contributed by atoms with van der Waals surface area (Å²) in [6.45, 7) is 4.48. The smallest absolute Gasteiger partial charge is 0.264 e. The van der Waals surface area contributed by atoms with Crippen molar-refractivity contribution >= 4 is 41.1 Å². The SMILES string of the molecule is CCSNC(=O)c1cc(C2CC2)c(COCC2(F)CN(C(CC)c3cc(Cl)cc(Cl)c3)C2)cc1F. The van der Waals surface area contributed by atoms with Crippen LogP contribution in [0.3, 0.4) is 0 Å². The van der Waals surface area contributed by atoms with Gasteiger partial charge in [-0.3, -0.25) is 14.4 Å². The minimum atomic E-state index is -1.47. The van der Waals surface area contributed by atoms with E-state index in [0.29, 0.717) is 27.3 Å². The van der Waals surface area contributed by atoms with Crippen LogP contribution in [-0.4, -0.2) is 41.9 Å². The summed E-state index contributed by atoms with van der Waals surface area (Å²) in [6, 6.07) is 8.45. The zero-order valence-electron chi connectivity index (χ0n) is 19.9. The van der Waals surface area contributed by atoms with Gasteiger partial charge in [-0.2, -0.15) is 0 Å². The summed E-state index contributed by atoms with van der Waals surface area (Å²) in [5.41, 5.74) is 1.15. The average Bonchev–Trinajstić information content (AvgIpc) is 3.61. The molecule has 0 aromatic heterocycles. The van der Waals surface area contributed by atoms with Gasteiger partial charge in [0.1, 0.15) is 5.82 Å². The van der Waals surface area contributed by atoms with Crippen molar-refractivity contribution in [2.45, 2.75) is 57.3 Å². The Labute approximate surface area is 219 Å². The molecule has 2 aliphatic rings. The predicted octanol–water partition coefficient (Wildman–Crippen LogP) is 7.10. The van der Waals surface area contributed by atoms with Crippen molar-refractivity contribution in [3.63, 3.8) is 0 Å². The number of ether oxygens (including phenoxy) is 1. The van der Waals surface area contributed by atoms with Gasteiger partial charge >= 0.3 is 0 Å². The third-order valence-corrected chi connectivity index (χ3v) is 7.54. The van der Waals surface area contributed by atoms with Crippen LogP contribution >= 0.6 is 35.1 Å². The minimum absolute atomic E-state index is 0.0233. The van der Waals surface area contributed by atoms with Gasteiger partial charge in [0.2, 0.25) is 0 Å². The Morgan fingerprint density at radius 2 is 1.89 bits per heavy atom. The van der Waals surface area contributed by atoms with Crippen LogP contribution in [-0.2, 0) is 11.3 Å². The molecule has 1 saturated heterocycles. The molecule has 35 heavy (non-hydrogen) atoms. The summed E-state index contributed by atoms with van der Waals surface area (Å²) in [5, 5.41) is 1.13. The molecule has 2 aromatic rings. The van der Waals surface area contributed by atoms with E-state index in [1.165, 1.54) is 18.0 Å². The van der Waals surface area contributed by atoms with Crippen molar-refractivity contribution in [1.29, 1.82) is 0 Å². The molecule has 9 heteroatoms. The second-order valence-corrected chi connectivity index (χ2v) is 11.3. The first-order valence-corrected chi connectivity index (χ1v) is 13.7. The molecule has 0 bridgehead atoms. The maximum Gasteiger partial charge on any atom is 0.264 e. The van der Waals surface area contributed by atoms with Gasteiger partial charge in [-0.25, -0.2) is 8.78 Å². The fourth-order valence-electron chi connectivity index (χ4n) is 4.71. The van der Waals surface area contributed by atoms with E-state index in [9.17, 15) is 9.18 Å². The summed E-state index contributed by atoms with van der Waals surface area (Å²) >= 11 is 13.5. The van der Waals surface area contributed by atoms with Crippen LogP contribution in [0.5, 0.6) is 0 Å². The number of carbonyl (C=O) groups excluding carboxylic acids is 1. The van der Waals surface area contributed by atoms with Crippen molar-refractivity contribution in [1.82, 2.24) is 9.62 Å². The van der Waals surface area contributed by atoms with Crippen LogP contribution < -0.4 is 4.72 Å². The van der Waals surface area contributed by atoms with Gasteiger partial charge in [-0.15, -0.1) is 0 Å². The maximum atomic E-state index is 15.3. The molecule has 190 valence electrons. The lowest BCUT2D eigenvalue weighted by Gasteiger charge is -2.48. The number of likely N-dealkylation sites (tertiary alicyclic amines) is 1. The Morgan fingerprint density at radius 1 is 1.20 bits per heavy atom. The topological polar surface area (TPSA) is 41.6 Å². The zero-order chi connectivity index (χ0) is 25.2. The lowest BCUT2D eigenvalue weighted by Crippen LogP contribution is -2.62. The standard InChI is InChI=1S/C26H30Cl2F2N2O2S/c1-3-24(17-7-19(27)10-20(28)8-17)32-13-26(30,14-32)15-34-12-18-9-23(29)22(25(33)31-35-4-2)11-21(18)16-5-6-16/h7-11,16,24H,3-6,12-15H2,1-2H3,(H,31,33). The Hall–Kier alpha value is -1.38. The summed E-state index contributed by atoms with van der Waals surface area (Å²) < 4.78 is 38.4. The summed E-state index contributed by atoms with van der Waals surface area (Å²) in [4.78, 5) is 14.4. The molecule has 1 heterocycles. The number of halogens is 4. The Bertz CT molecular complexity index is 1060. The molecular weight excluding hydrogens is 513 g/mol. The Balaban J connectivity index is 1.36. The van der Waals surface area contributed by atoms with Crippen molar-refractivity contribution in [3.8, 4) is 0 Å². The van der Waals surface area contributed by atoms with Crippen LogP contribution in [0, 0.1) is 5.82 Å². The number of carbonyl (C=O) groups is 1. The van der Waals surface area contributed by atoms with Crippen LogP contribution in [0.15, 0.2) is 30.3 Å². The summed E-state index contributed by atoms with van der Waals surface area (Å²) in [5.74, 6) is -0.0263. The Kier molecular flexibility index (Phi) is 8.65. The molecule has 4 nitrogen and oxygen atoms in total. The number of nitrogens with one attached hydrogen (secondary N) is 1. The molecular formula is C26H30Cl2F2N2O2S. The number of alkyl halides is 1. The lowest BCUT2D eigenvalue weighted by molar-refractivity contribution is -0.107. The average molecular weight is 544 g/mol. The van der Waals surface area contributed by atoms with Gasteiger partial charge in [0, 0.05) is 34.9 Å². The van der Waals surface area contributed by atoms with Gasteiger partial charge in [0.25, 0.3) is 5.91 Å². The van der Waals surface area contributed by atoms with Crippen LogP contribution in [0.1, 0.15) is 72.1 Å². The molecule has 0 spiro atoms. The van der Waals surface area contributed by atoms with Gasteiger partial charge in [-0.05, 0) is 72.2 Å². The fraction of sp³-hybridized carbons (Fsp3) is 0.500. The highest BCUT2D eigenvalue weighted by atomic mass is 35.5. The highest BCUT2D eigenvalue weighted by molar-refractivity contribution is 7.97. The predicted molar refractivity (Wildman–Crippen MR) is 139 cm³/mol. The number of benzene rings is 2. The van der Waals surface area contributed by atoms with E-state index in [4.69, 9.17) is 27.9 Å². The number of rotatable bonds is 11. The Morgan fingerprint density at radius 3 is 2.49 bits per heavy atom. The molecule has 1 saturated carbocycles. The van der Waals surface area contributed by atoms with Crippen LogP contribution in [0.25, 0.3) is 0 Å². The number of nitrogens with zero attached hydrogens (tertiary/aromatic N) is 1. The fourth-order valence-corrected chi connectivity index (χ4v) is 5.64. The number of hydrogen-bond acceptors (Lipinski definition) is 4. The highest BCUT2D eigenvalue weighted by Crippen LogP contribution is 2.43. The number of amides is 1. The van der Waals surface area contributed by atoms with E-state index in [1.54, 1.807) is 12.1 Å². The second kappa shape index (κ2) is 11.3. The van der Waals surface area contributed by atoms with E-state index in [2.05, 4.69) is 9.62 Å². The van der Waals surface area contributed by atoms with Gasteiger partial charge in [-0.1, -0.05) is 49.0 Å². The molecule has 2 fully saturated rings. The quantitative estimate of drug-likeness (QED) is 0.307. The van der Waals surface area contributed by atoms with Crippen LogP contribution in [0.2, 0.25) is 10.0 Å². The van der Waals surface area contributed by atoms with Crippen molar-refractivity contribution < 1.29 is 18.3 Å². The highest BCUT2D eigenvalue weighted by Gasteiger charge is 2.46. The monoisotopic (exact) mass is 542 g/mol. The van der Waals surface area contributed by atoms with Crippen molar-refractivity contribution in [2.24, 2.45) is 0 Å². The van der Waals surface area contributed by atoms with E-state index >= 15 is 4.39 Å².